The van der Waals surface area contributed by atoms with Gasteiger partial charge in [-0.15, -0.1) is 4.83 Å². The molecule has 0 radical (unpaired) electrons. The number of aryl methyl sites for hydroxylation is 2. The minimum absolute atomic E-state index is 0.00871. The molecule has 1 amide bonds. The zero-order valence-electron chi connectivity index (χ0n) is 12.2. The van der Waals surface area contributed by atoms with Gasteiger partial charge >= 0.3 is 0 Å². The summed E-state index contributed by atoms with van der Waals surface area (Å²) in [6.07, 6.45) is 0. The number of sulfonamides is 1. The van der Waals surface area contributed by atoms with Gasteiger partial charge in [0.15, 0.2) is 0 Å². The molecule has 0 aliphatic rings. The third kappa shape index (κ3) is 3.15. The quantitative estimate of drug-likeness (QED) is 0.813. The molecule has 0 saturated heterocycles. The average Bonchev–Trinajstić information content (AvgIpc) is 2.71. The topological polar surface area (TPSA) is 93.1 Å². The average molecular weight is 326 g/mol. The van der Waals surface area contributed by atoms with Crippen LogP contribution in [0.15, 0.2) is 29.2 Å². The smallest absolute Gasteiger partial charge is 0.266 e. The van der Waals surface area contributed by atoms with Crippen LogP contribution in [0.25, 0.3) is 0 Å². The van der Waals surface area contributed by atoms with Crippen LogP contribution in [0, 0.1) is 19.7 Å². The minimum atomic E-state index is -3.95. The highest BCUT2D eigenvalue weighted by molar-refractivity contribution is 7.89. The molecule has 2 aromatic rings. The molecule has 22 heavy (non-hydrogen) atoms. The molecule has 7 nitrogen and oxygen atoms in total. The molecule has 0 fully saturated rings. The van der Waals surface area contributed by atoms with Crippen LogP contribution in [0.3, 0.4) is 0 Å². The van der Waals surface area contributed by atoms with Crippen LogP contribution < -0.4 is 10.3 Å². The highest BCUT2D eigenvalue weighted by Crippen LogP contribution is 2.17. The monoisotopic (exact) mass is 326 g/mol. The minimum Gasteiger partial charge on any atom is -0.273 e. The fraction of sp³-hybridized carbons (Fsp3) is 0.231. The van der Waals surface area contributed by atoms with Crippen molar-refractivity contribution >= 4 is 15.9 Å². The van der Waals surface area contributed by atoms with Gasteiger partial charge in [0, 0.05) is 12.6 Å². The maximum Gasteiger partial charge on any atom is 0.266 e. The molecular weight excluding hydrogens is 311 g/mol. The van der Waals surface area contributed by atoms with Gasteiger partial charge in [-0.2, -0.15) is 5.10 Å². The van der Waals surface area contributed by atoms with E-state index in [-0.39, 0.29) is 10.5 Å². The standard InChI is InChI=1S/C13H15FN4O3S/c1-8-12(9(2)18(3)16-8)22(20,21)17-15-13(19)10-4-6-11(14)7-5-10/h4-7,17H,1-3H3,(H,15,19). The number of benzene rings is 1. The first-order valence-corrected chi connectivity index (χ1v) is 7.78. The number of carbonyl (C=O) groups excluding carboxylic acids is 1. The van der Waals surface area contributed by atoms with Crippen molar-refractivity contribution in [2.75, 3.05) is 0 Å². The molecule has 0 saturated carbocycles. The molecule has 1 heterocycles. The van der Waals surface area contributed by atoms with Gasteiger partial charge in [-0.3, -0.25) is 14.9 Å². The van der Waals surface area contributed by atoms with Crippen LogP contribution >= 0.6 is 0 Å². The van der Waals surface area contributed by atoms with E-state index >= 15 is 0 Å². The van der Waals surface area contributed by atoms with Crippen molar-refractivity contribution < 1.29 is 17.6 Å². The van der Waals surface area contributed by atoms with Gasteiger partial charge < -0.3 is 0 Å². The fourth-order valence-corrected chi connectivity index (χ4v) is 3.26. The van der Waals surface area contributed by atoms with Crippen LogP contribution in [0.2, 0.25) is 0 Å². The number of hydrogen-bond acceptors (Lipinski definition) is 4. The maximum absolute atomic E-state index is 12.8. The molecule has 2 rings (SSSR count). The van der Waals surface area contributed by atoms with Crippen LogP contribution in [-0.4, -0.2) is 24.1 Å². The molecule has 2 N–H and O–H groups in total. The van der Waals surface area contributed by atoms with Crippen molar-refractivity contribution in [3.8, 4) is 0 Å². The van der Waals surface area contributed by atoms with Gasteiger partial charge in [-0.05, 0) is 38.1 Å². The van der Waals surface area contributed by atoms with E-state index in [2.05, 4.69) is 10.5 Å². The van der Waals surface area contributed by atoms with E-state index < -0.39 is 21.7 Å². The van der Waals surface area contributed by atoms with Gasteiger partial charge in [-0.1, -0.05) is 0 Å². The summed E-state index contributed by atoms with van der Waals surface area (Å²) in [5.74, 6) is -1.18. The number of nitrogens with one attached hydrogen (secondary N) is 2. The molecule has 0 aliphatic carbocycles. The molecule has 0 aliphatic heterocycles. The Hall–Kier alpha value is -2.26. The summed E-state index contributed by atoms with van der Waals surface area (Å²) in [6, 6.07) is 4.72. The van der Waals surface area contributed by atoms with E-state index in [1.54, 1.807) is 20.9 Å². The van der Waals surface area contributed by atoms with Gasteiger partial charge in [-0.25, -0.2) is 12.8 Å². The Morgan fingerprint density at radius 3 is 2.32 bits per heavy atom. The molecule has 0 spiro atoms. The first kappa shape index (κ1) is 16.1. The predicted molar refractivity (Wildman–Crippen MR) is 76.9 cm³/mol. The first-order valence-electron chi connectivity index (χ1n) is 6.30. The summed E-state index contributed by atoms with van der Waals surface area (Å²) in [5, 5.41) is 4.01. The molecule has 1 aromatic heterocycles. The predicted octanol–water partition coefficient (Wildman–Crippen LogP) is 0.799. The number of hydrazine groups is 1. The number of halogens is 1. The zero-order chi connectivity index (χ0) is 16.5. The Labute approximate surface area is 127 Å². The van der Waals surface area contributed by atoms with Gasteiger partial charge in [0.1, 0.15) is 10.7 Å². The molecule has 9 heteroatoms. The molecule has 0 atom stereocenters. The zero-order valence-corrected chi connectivity index (χ0v) is 13.0. The number of carbonyl (C=O) groups is 1. The van der Waals surface area contributed by atoms with Crippen molar-refractivity contribution in [1.82, 2.24) is 20.0 Å². The number of nitrogens with zero attached hydrogens (tertiary/aromatic N) is 2. The normalized spacial score (nSPS) is 11.5. The van der Waals surface area contributed by atoms with E-state index in [4.69, 9.17) is 0 Å². The lowest BCUT2D eigenvalue weighted by Crippen LogP contribution is -2.41. The fourth-order valence-electron chi connectivity index (χ4n) is 1.98. The third-order valence-electron chi connectivity index (χ3n) is 3.12. The van der Waals surface area contributed by atoms with Crippen LogP contribution in [-0.2, 0) is 17.1 Å². The van der Waals surface area contributed by atoms with Crippen LogP contribution in [0.4, 0.5) is 4.39 Å². The van der Waals surface area contributed by atoms with E-state index in [1.807, 2.05) is 4.83 Å². The second-order valence-corrected chi connectivity index (χ2v) is 6.31. The van der Waals surface area contributed by atoms with E-state index in [0.717, 1.165) is 12.1 Å². The highest BCUT2D eigenvalue weighted by atomic mass is 32.2. The Kier molecular flexibility index (Phi) is 4.29. The van der Waals surface area contributed by atoms with Crippen molar-refractivity contribution in [3.05, 3.63) is 47.0 Å². The van der Waals surface area contributed by atoms with E-state index in [9.17, 15) is 17.6 Å². The lowest BCUT2D eigenvalue weighted by atomic mass is 10.2. The van der Waals surface area contributed by atoms with Gasteiger partial charge in [0.05, 0.1) is 11.4 Å². The number of rotatable bonds is 4. The van der Waals surface area contributed by atoms with E-state index in [0.29, 0.717) is 11.4 Å². The van der Waals surface area contributed by atoms with Crippen LogP contribution in [0.1, 0.15) is 21.7 Å². The molecule has 1 aromatic carbocycles. The summed E-state index contributed by atoms with van der Waals surface area (Å²) in [6.45, 7) is 3.17. The van der Waals surface area contributed by atoms with E-state index in [1.165, 1.54) is 16.8 Å². The molecule has 118 valence electrons. The summed E-state index contributed by atoms with van der Waals surface area (Å²) < 4.78 is 38.7. The Morgan fingerprint density at radius 1 is 1.23 bits per heavy atom. The van der Waals surface area contributed by atoms with Crippen LogP contribution in [0.5, 0.6) is 0 Å². The lowest BCUT2D eigenvalue weighted by molar-refractivity contribution is 0.0945. The summed E-state index contributed by atoms with van der Waals surface area (Å²) >= 11 is 0. The summed E-state index contributed by atoms with van der Waals surface area (Å²) in [5.41, 5.74) is 2.98. The Balaban J connectivity index is 2.16. The second kappa shape index (κ2) is 5.85. The van der Waals surface area contributed by atoms with Crippen molar-refractivity contribution in [1.29, 1.82) is 0 Å². The Morgan fingerprint density at radius 2 is 1.82 bits per heavy atom. The van der Waals surface area contributed by atoms with Crippen molar-refractivity contribution in [2.45, 2.75) is 18.7 Å². The highest BCUT2D eigenvalue weighted by Gasteiger charge is 2.24. The molecular formula is C13H15FN4O3S. The number of aromatic nitrogens is 2. The summed E-state index contributed by atoms with van der Waals surface area (Å²) in [7, 11) is -2.33. The van der Waals surface area contributed by atoms with Gasteiger partial charge in [0.2, 0.25) is 0 Å². The number of amides is 1. The first-order chi connectivity index (χ1) is 10.2. The largest absolute Gasteiger partial charge is 0.273 e. The SMILES string of the molecule is Cc1nn(C)c(C)c1S(=O)(=O)NNC(=O)c1ccc(F)cc1. The summed E-state index contributed by atoms with van der Waals surface area (Å²) in [4.78, 5) is 13.8. The van der Waals surface area contributed by atoms with Crippen molar-refractivity contribution in [2.24, 2.45) is 7.05 Å². The molecule has 0 bridgehead atoms. The van der Waals surface area contributed by atoms with Crippen molar-refractivity contribution in [3.63, 3.8) is 0 Å². The maximum atomic E-state index is 12.8. The molecule has 0 unspecified atom stereocenters. The lowest BCUT2D eigenvalue weighted by Gasteiger charge is -2.09. The number of hydrogen-bond donors (Lipinski definition) is 2. The van der Waals surface area contributed by atoms with Gasteiger partial charge in [0.25, 0.3) is 15.9 Å². The Bertz CT molecular complexity index is 813. The second-order valence-electron chi connectivity index (χ2n) is 4.69. The third-order valence-corrected chi connectivity index (χ3v) is 4.62.